The molecule has 0 saturated heterocycles. The van der Waals surface area contributed by atoms with Gasteiger partial charge in [0, 0.05) is 18.5 Å². The van der Waals surface area contributed by atoms with Crippen LogP contribution < -0.4 is 4.31 Å². The number of carbonyl (C=O) groups is 1. The van der Waals surface area contributed by atoms with Crippen molar-refractivity contribution in [1.29, 1.82) is 0 Å². The lowest BCUT2D eigenvalue weighted by molar-refractivity contribution is 0.0982. The van der Waals surface area contributed by atoms with Crippen LogP contribution in [0.25, 0.3) is 0 Å². The molecule has 6 heteroatoms. The van der Waals surface area contributed by atoms with E-state index in [1.807, 2.05) is 0 Å². The second kappa shape index (κ2) is 5.16. The maximum absolute atomic E-state index is 12.8. The van der Waals surface area contributed by atoms with Gasteiger partial charge in [0.2, 0.25) is 0 Å². The molecule has 0 radical (unpaired) electrons. The minimum absolute atomic E-state index is 0.0452. The Labute approximate surface area is 128 Å². The average Bonchev–Trinajstić information content (AvgIpc) is 2.48. The fourth-order valence-electron chi connectivity index (χ4n) is 2.41. The van der Waals surface area contributed by atoms with Gasteiger partial charge in [-0.15, -0.1) is 0 Å². The van der Waals surface area contributed by atoms with Crippen LogP contribution in [0, 0.1) is 0 Å². The Morgan fingerprint density at radius 2 is 1.67 bits per heavy atom. The number of ketones is 1. The van der Waals surface area contributed by atoms with E-state index in [-0.39, 0.29) is 28.7 Å². The molecule has 0 fully saturated rings. The van der Waals surface area contributed by atoms with Gasteiger partial charge in [-0.05, 0) is 24.3 Å². The van der Waals surface area contributed by atoms with Crippen LogP contribution in [0.4, 0.5) is 5.69 Å². The number of sulfonamides is 1. The fourth-order valence-corrected chi connectivity index (χ4v) is 4.39. The third kappa shape index (κ3) is 2.32. The van der Waals surface area contributed by atoms with Gasteiger partial charge in [0.1, 0.15) is 4.90 Å². The molecule has 1 heterocycles. The number of carbonyl (C=O) groups excluding carboxylic acids is 1. The summed E-state index contributed by atoms with van der Waals surface area (Å²) in [6.45, 7) is 0.128. The monoisotopic (exact) mass is 321 g/mol. The second-order valence-electron chi connectivity index (χ2n) is 4.70. The van der Waals surface area contributed by atoms with Crippen molar-refractivity contribution in [3.63, 3.8) is 0 Å². The predicted octanol–water partition coefficient (Wildman–Crippen LogP) is 3.12. The fraction of sp³-hybridized carbons (Fsp3) is 0.133. The number of nitrogens with zero attached hydrogens (tertiary/aromatic N) is 1. The topological polar surface area (TPSA) is 54.5 Å². The summed E-state index contributed by atoms with van der Waals surface area (Å²) in [6.07, 6.45) is 0.167. The zero-order chi connectivity index (χ0) is 15.0. The van der Waals surface area contributed by atoms with Gasteiger partial charge < -0.3 is 0 Å². The van der Waals surface area contributed by atoms with Crippen molar-refractivity contribution < 1.29 is 13.2 Å². The van der Waals surface area contributed by atoms with Crippen LogP contribution in [0.15, 0.2) is 53.4 Å². The van der Waals surface area contributed by atoms with Crippen molar-refractivity contribution >= 4 is 33.1 Å². The van der Waals surface area contributed by atoms with Gasteiger partial charge in [0.05, 0.1) is 10.7 Å². The highest BCUT2D eigenvalue weighted by molar-refractivity contribution is 7.93. The first-order valence-corrected chi connectivity index (χ1v) is 8.23. The third-order valence-electron chi connectivity index (χ3n) is 3.42. The summed E-state index contributed by atoms with van der Waals surface area (Å²) in [6, 6.07) is 13.0. The lowest BCUT2D eigenvalue weighted by Crippen LogP contribution is -2.37. The van der Waals surface area contributed by atoms with Crippen molar-refractivity contribution in [2.75, 3.05) is 10.8 Å². The molecule has 0 N–H and O–H groups in total. The molecule has 3 rings (SSSR count). The zero-order valence-corrected chi connectivity index (χ0v) is 12.6. The van der Waals surface area contributed by atoms with E-state index in [1.54, 1.807) is 36.4 Å². The smallest absolute Gasteiger partial charge is 0.265 e. The quantitative estimate of drug-likeness (QED) is 0.854. The predicted molar refractivity (Wildman–Crippen MR) is 81.4 cm³/mol. The lowest BCUT2D eigenvalue weighted by atomic mass is 10.0. The summed E-state index contributed by atoms with van der Waals surface area (Å²) in [5.74, 6) is -0.0452. The molecule has 0 unspecified atom stereocenters. The van der Waals surface area contributed by atoms with Crippen LogP contribution in [-0.4, -0.2) is 20.7 Å². The number of anilines is 1. The van der Waals surface area contributed by atoms with Crippen molar-refractivity contribution in [3.05, 3.63) is 59.1 Å². The molecule has 0 aliphatic carbocycles. The number of benzene rings is 2. The molecule has 4 nitrogen and oxygen atoms in total. The van der Waals surface area contributed by atoms with Crippen LogP contribution in [0.3, 0.4) is 0 Å². The minimum Gasteiger partial charge on any atom is -0.294 e. The highest BCUT2D eigenvalue weighted by Gasteiger charge is 2.33. The summed E-state index contributed by atoms with van der Waals surface area (Å²) in [5, 5.41) is 0.173. The molecule has 2 aromatic rings. The molecular formula is C15H12ClNO3S. The van der Waals surface area contributed by atoms with Crippen molar-refractivity contribution in [2.45, 2.75) is 11.3 Å². The Morgan fingerprint density at radius 1 is 1.00 bits per heavy atom. The maximum atomic E-state index is 12.8. The average molecular weight is 322 g/mol. The first-order chi connectivity index (χ1) is 10.0. The lowest BCUT2D eigenvalue weighted by Gasteiger charge is -2.29. The van der Waals surface area contributed by atoms with Gasteiger partial charge in [0.15, 0.2) is 5.78 Å². The molecule has 0 bridgehead atoms. The highest BCUT2D eigenvalue weighted by Crippen LogP contribution is 2.33. The molecule has 0 saturated carbocycles. The number of fused-ring (bicyclic) bond motifs is 1. The molecule has 2 aromatic carbocycles. The summed E-state index contributed by atoms with van der Waals surface area (Å²) in [7, 11) is -3.78. The zero-order valence-electron chi connectivity index (χ0n) is 11.0. The summed E-state index contributed by atoms with van der Waals surface area (Å²) < 4.78 is 26.9. The minimum atomic E-state index is -3.78. The normalized spacial score (nSPS) is 14.9. The van der Waals surface area contributed by atoms with Gasteiger partial charge in [-0.2, -0.15) is 0 Å². The number of halogens is 1. The molecule has 1 aliphatic heterocycles. The Morgan fingerprint density at radius 3 is 2.43 bits per heavy atom. The molecule has 0 spiro atoms. The first-order valence-electron chi connectivity index (χ1n) is 6.41. The number of rotatable bonds is 2. The van der Waals surface area contributed by atoms with Gasteiger partial charge in [-0.3, -0.25) is 9.10 Å². The molecule has 0 aromatic heterocycles. The largest absolute Gasteiger partial charge is 0.294 e. The van der Waals surface area contributed by atoms with Gasteiger partial charge in [-0.25, -0.2) is 8.42 Å². The Balaban J connectivity index is 2.16. The Kier molecular flexibility index (Phi) is 3.47. The highest BCUT2D eigenvalue weighted by atomic mass is 35.5. The van der Waals surface area contributed by atoms with E-state index in [4.69, 9.17) is 11.6 Å². The van der Waals surface area contributed by atoms with E-state index in [1.165, 1.54) is 16.4 Å². The standard InChI is InChI=1S/C15H12ClNO3S/c16-12-6-2-4-8-15(12)21(19,20)17-10-9-14(18)11-5-1-3-7-13(11)17/h1-8H,9-10H2. The van der Waals surface area contributed by atoms with Crippen molar-refractivity contribution in [3.8, 4) is 0 Å². The van der Waals surface area contributed by atoms with E-state index in [9.17, 15) is 13.2 Å². The Hall–Kier alpha value is -1.85. The summed E-state index contributed by atoms with van der Waals surface area (Å²) in [5.41, 5.74) is 0.841. The van der Waals surface area contributed by atoms with E-state index in [2.05, 4.69) is 0 Å². The first kappa shape index (κ1) is 14.1. The van der Waals surface area contributed by atoms with Gasteiger partial charge >= 0.3 is 0 Å². The molecule has 21 heavy (non-hydrogen) atoms. The van der Waals surface area contributed by atoms with E-state index in [0.29, 0.717) is 11.3 Å². The second-order valence-corrected chi connectivity index (χ2v) is 6.94. The van der Waals surface area contributed by atoms with Crippen LogP contribution in [0.2, 0.25) is 5.02 Å². The van der Waals surface area contributed by atoms with Crippen LogP contribution in [-0.2, 0) is 10.0 Å². The van der Waals surface area contributed by atoms with E-state index < -0.39 is 10.0 Å². The van der Waals surface area contributed by atoms with Crippen LogP contribution >= 0.6 is 11.6 Å². The number of hydrogen-bond donors (Lipinski definition) is 0. The van der Waals surface area contributed by atoms with E-state index in [0.717, 1.165) is 0 Å². The van der Waals surface area contributed by atoms with Crippen LogP contribution in [0.1, 0.15) is 16.8 Å². The summed E-state index contributed by atoms with van der Waals surface area (Å²) in [4.78, 5) is 12.0. The molecular weight excluding hydrogens is 310 g/mol. The summed E-state index contributed by atoms with van der Waals surface area (Å²) >= 11 is 6.01. The van der Waals surface area contributed by atoms with Gasteiger partial charge in [-0.1, -0.05) is 35.9 Å². The Bertz CT molecular complexity index is 817. The van der Waals surface area contributed by atoms with Crippen LogP contribution in [0.5, 0.6) is 0 Å². The maximum Gasteiger partial charge on any atom is 0.265 e. The number of Topliss-reactive ketones (excluding diaryl/α,β-unsaturated/α-hetero) is 1. The SMILES string of the molecule is O=C1CCN(S(=O)(=O)c2ccccc2Cl)c2ccccc21. The van der Waals surface area contributed by atoms with E-state index >= 15 is 0 Å². The van der Waals surface area contributed by atoms with Crippen molar-refractivity contribution in [2.24, 2.45) is 0 Å². The molecule has 1 aliphatic rings. The molecule has 0 amide bonds. The number of hydrogen-bond acceptors (Lipinski definition) is 3. The third-order valence-corrected chi connectivity index (χ3v) is 5.73. The number of para-hydroxylation sites is 1. The molecule has 0 atom stereocenters. The van der Waals surface area contributed by atoms with Gasteiger partial charge in [0.25, 0.3) is 10.0 Å². The van der Waals surface area contributed by atoms with Crippen molar-refractivity contribution in [1.82, 2.24) is 0 Å². The molecule has 108 valence electrons.